The first-order chi connectivity index (χ1) is 7.58. The van der Waals surface area contributed by atoms with Gasteiger partial charge in [-0.05, 0) is 19.1 Å². The lowest BCUT2D eigenvalue weighted by Crippen LogP contribution is -2.08. The van der Waals surface area contributed by atoms with Gasteiger partial charge in [-0.15, -0.1) is 0 Å². The van der Waals surface area contributed by atoms with Gasteiger partial charge in [-0.25, -0.2) is 14.5 Å². The molecule has 0 amide bonds. The highest BCUT2D eigenvalue weighted by Crippen LogP contribution is 2.15. The van der Waals surface area contributed by atoms with Crippen molar-refractivity contribution in [2.45, 2.75) is 6.92 Å². The minimum absolute atomic E-state index is 0.0883. The zero-order valence-electron chi connectivity index (χ0n) is 8.38. The van der Waals surface area contributed by atoms with Crippen LogP contribution in [-0.4, -0.2) is 25.8 Å². The van der Waals surface area contributed by atoms with Crippen molar-refractivity contribution in [1.82, 2.24) is 14.8 Å². The highest BCUT2D eigenvalue weighted by atomic mass is 35.5. The molecule has 5 nitrogen and oxygen atoms in total. The van der Waals surface area contributed by atoms with E-state index in [9.17, 15) is 4.79 Å². The molecule has 2 heterocycles. The van der Waals surface area contributed by atoms with Crippen LogP contribution in [0.3, 0.4) is 0 Å². The van der Waals surface area contributed by atoms with E-state index in [4.69, 9.17) is 16.7 Å². The molecule has 2 aromatic rings. The van der Waals surface area contributed by atoms with Crippen LogP contribution in [0.25, 0.3) is 5.82 Å². The Labute approximate surface area is 96.3 Å². The molecule has 0 aromatic carbocycles. The fourth-order valence-corrected chi connectivity index (χ4v) is 1.44. The highest BCUT2D eigenvalue weighted by molar-refractivity contribution is 6.30. The van der Waals surface area contributed by atoms with Crippen molar-refractivity contribution in [2.75, 3.05) is 0 Å². The van der Waals surface area contributed by atoms with Gasteiger partial charge in [-0.1, -0.05) is 11.6 Å². The molecule has 0 unspecified atom stereocenters. The third-order valence-electron chi connectivity index (χ3n) is 2.01. The van der Waals surface area contributed by atoms with Crippen LogP contribution in [0.2, 0.25) is 5.02 Å². The molecule has 82 valence electrons. The summed E-state index contributed by atoms with van der Waals surface area (Å²) in [4.78, 5) is 15.1. The van der Waals surface area contributed by atoms with E-state index < -0.39 is 5.97 Å². The summed E-state index contributed by atoms with van der Waals surface area (Å²) in [6.45, 7) is 1.78. The second-order valence-corrected chi connectivity index (χ2v) is 3.67. The first kappa shape index (κ1) is 10.6. The number of hydrogen-bond acceptors (Lipinski definition) is 3. The summed E-state index contributed by atoms with van der Waals surface area (Å²) in [7, 11) is 0. The Morgan fingerprint density at radius 2 is 2.25 bits per heavy atom. The second kappa shape index (κ2) is 3.94. The lowest BCUT2D eigenvalue weighted by molar-refractivity contribution is 0.0696. The van der Waals surface area contributed by atoms with Crippen LogP contribution >= 0.6 is 11.6 Å². The van der Waals surface area contributed by atoms with Crippen molar-refractivity contribution in [3.05, 3.63) is 40.8 Å². The Balaban J connectivity index is 2.62. The summed E-state index contributed by atoms with van der Waals surface area (Å²) < 4.78 is 1.35. The van der Waals surface area contributed by atoms with Gasteiger partial charge in [0.1, 0.15) is 5.56 Å². The Hall–Kier alpha value is -1.88. The fourth-order valence-electron chi connectivity index (χ4n) is 1.30. The van der Waals surface area contributed by atoms with Crippen LogP contribution in [0, 0.1) is 6.92 Å². The predicted molar refractivity (Wildman–Crippen MR) is 58.1 cm³/mol. The van der Waals surface area contributed by atoms with E-state index in [-0.39, 0.29) is 11.4 Å². The molecule has 0 saturated carbocycles. The Kier molecular flexibility index (Phi) is 2.62. The second-order valence-electron chi connectivity index (χ2n) is 3.23. The number of rotatable bonds is 2. The average molecular weight is 238 g/mol. The van der Waals surface area contributed by atoms with Gasteiger partial charge in [0, 0.05) is 5.69 Å². The molecule has 16 heavy (non-hydrogen) atoms. The SMILES string of the molecule is Cc1ccc(C(=O)O)c(-n2cc(Cl)cn2)n1. The molecule has 0 saturated heterocycles. The quantitative estimate of drug-likeness (QED) is 0.867. The Morgan fingerprint density at radius 1 is 1.50 bits per heavy atom. The zero-order valence-corrected chi connectivity index (χ0v) is 9.14. The van der Waals surface area contributed by atoms with E-state index in [1.54, 1.807) is 13.0 Å². The van der Waals surface area contributed by atoms with Crippen molar-refractivity contribution >= 4 is 17.6 Å². The van der Waals surface area contributed by atoms with Gasteiger partial charge in [0.2, 0.25) is 0 Å². The molecule has 0 aliphatic rings. The summed E-state index contributed by atoms with van der Waals surface area (Å²) >= 11 is 5.72. The van der Waals surface area contributed by atoms with Gasteiger partial charge in [0.25, 0.3) is 0 Å². The van der Waals surface area contributed by atoms with E-state index in [1.807, 2.05) is 0 Å². The Morgan fingerprint density at radius 3 is 2.81 bits per heavy atom. The smallest absolute Gasteiger partial charge is 0.339 e. The molecule has 0 fully saturated rings. The normalized spacial score (nSPS) is 10.4. The molecule has 0 radical (unpaired) electrons. The molecule has 0 spiro atoms. The monoisotopic (exact) mass is 237 g/mol. The standard InChI is InChI=1S/C10H8ClN3O2/c1-6-2-3-8(10(15)16)9(13-6)14-5-7(11)4-12-14/h2-5H,1H3,(H,15,16). The summed E-state index contributed by atoms with van der Waals surface area (Å²) in [5, 5.41) is 13.4. The number of carboxylic acids is 1. The van der Waals surface area contributed by atoms with Crippen molar-refractivity contribution in [2.24, 2.45) is 0 Å². The number of pyridine rings is 1. The van der Waals surface area contributed by atoms with Gasteiger partial charge >= 0.3 is 5.97 Å². The molecule has 6 heteroatoms. The number of carboxylic acid groups (broad SMARTS) is 1. The molecule has 2 aromatic heterocycles. The lowest BCUT2D eigenvalue weighted by Gasteiger charge is -2.05. The maximum Gasteiger partial charge on any atom is 0.339 e. The zero-order chi connectivity index (χ0) is 11.7. The van der Waals surface area contributed by atoms with Crippen LogP contribution in [0.4, 0.5) is 0 Å². The third kappa shape index (κ3) is 1.90. The van der Waals surface area contributed by atoms with Crippen LogP contribution in [0.15, 0.2) is 24.5 Å². The first-order valence-electron chi connectivity index (χ1n) is 4.49. The van der Waals surface area contributed by atoms with E-state index in [0.717, 1.165) is 0 Å². The number of nitrogens with zero attached hydrogens (tertiary/aromatic N) is 3. The fraction of sp³-hybridized carbons (Fsp3) is 0.100. The minimum atomic E-state index is -1.05. The summed E-state index contributed by atoms with van der Waals surface area (Å²) in [5.74, 6) is -0.784. The molecule has 0 bridgehead atoms. The predicted octanol–water partition coefficient (Wildman–Crippen LogP) is 1.93. The van der Waals surface area contributed by atoms with Gasteiger partial charge in [0.15, 0.2) is 5.82 Å². The molecular formula is C10H8ClN3O2. The summed E-state index contributed by atoms with van der Waals surface area (Å²) in [5.41, 5.74) is 0.803. The number of carbonyl (C=O) groups is 1. The van der Waals surface area contributed by atoms with E-state index >= 15 is 0 Å². The van der Waals surface area contributed by atoms with Crippen LogP contribution in [0.1, 0.15) is 16.1 Å². The van der Waals surface area contributed by atoms with Crippen molar-refractivity contribution in [3.63, 3.8) is 0 Å². The number of hydrogen-bond donors (Lipinski definition) is 1. The molecule has 2 rings (SSSR count). The van der Waals surface area contributed by atoms with E-state index in [0.29, 0.717) is 10.7 Å². The van der Waals surface area contributed by atoms with Crippen LogP contribution in [-0.2, 0) is 0 Å². The maximum absolute atomic E-state index is 11.0. The summed E-state index contributed by atoms with van der Waals surface area (Å²) in [6.07, 6.45) is 2.94. The number of aryl methyl sites for hydroxylation is 1. The molecule has 0 aliphatic carbocycles. The third-order valence-corrected chi connectivity index (χ3v) is 2.21. The highest BCUT2D eigenvalue weighted by Gasteiger charge is 2.14. The van der Waals surface area contributed by atoms with Crippen molar-refractivity contribution in [1.29, 1.82) is 0 Å². The van der Waals surface area contributed by atoms with Crippen LogP contribution in [0.5, 0.6) is 0 Å². The minimum Gasteiger partial charge on any atom is -0.478 e. The van der Waals surface area contributed by atoms with Gasteiger partial charge in [0.05, 0.1) is 17.4 Å². The van der Waals surface area contributed by atoms with E-state index in [2.05, 4.69) is 10.1 Å². The summed E-state index contributed by atoms with van der Waals surface area (Å²) in [6, 6.07) is 3.13. The van der Waals surface area contributed by atoms with Crippen molar-refractivity contribution in [3.8, 4) is 5.82 Å². The lowest BCUT2D eigenvalue weighted by atomic mass is 10.2. The average Bonchev–Trinajstić information content (AvgIpc) is 2.64. The number of aromatic nitrogens is 3. The van der Waals surface area contributed by atoms with Crippen molar-refractivity contribution < 1.29 is 9.90 Å². The number of halogens is 1. The largest absolute Gasteiger partial charge is 0.478 e. The molecular weight excluding hydrogens is 230 g/mol. The molecule has 1 N–H and O–H groups in total. The Bertz CT molecular complexity index is 551. The van der Waals surface area contributed by atoms with Gasteiger partial charge < -0.3 is 5.11 Å². The topological polar surface area (TPSA) is 68.0 Å². The maximum atomic E-state index is 11.0. The van der Waals surface area contributed by atoms with Gasteiger partial charge in [-0.3, -0.25) is 0 Å². The number of aromatic carboxylic acids is 1. The molecule has 0 aliphatic heterocycles. The van der Waals surface area contributed by atoms with E-state index in [1.165, 1.54) is 23.1 Å². The van der Waals surface area contributed by atoms with Gasteiger partial charge in [-0.2, -0.15) is 5.10 Å². The first-order valence-corrected chi connectivity index (χ1v) is 4.87. The van der Waals surface area contributed by atoms with Crippen LogP contribution < -0.4 is 0 Å². The molecule has 0 atom stereocenters.